The van der Waals surface area contributed by atoms with Gasteiger partial charge in [-0.05, 0) is 42.5 Å². The van der Waals surface area contributed by atoms with E-state index in [1.165, 1.54) is 11.3 Å². The Morgan fingerprint density at radius 3 is 2.42 bits per heavy atom. The first-order valence-corrected chi connectivity index (χ1v) is 11.7. The van der Waals surface area contributed by atoms with Gasteiger partial charge >= 0.3 is 6.03 Å². The van der Waals surface area contributed by atoms with Crippen molar-refractivity contribution < 1.29 is 19.0 Å². The van der Waals surface area contributed by atoms with Crippen LogP contribution in [0.1, 0.15) is 12.0 Å². The van der Waals surface area contributed by atoms with E-state index >= 15 is 0 Å². The molecule has 2 bridgehead atoms. The Labute approximate surface area is 197 Å². The topological polar surface area (TPSA) is 104 Å². The van der Waals surface area contributed by atoms with Crippen molar-refractivity contribution in [2.45, 2.75) is 12.5 Å². The van der Waals surface area contributed by atoms with Gasteiger partial charge in [-0.3, -0.25) is 4.90 Å². The highest BCUT2D eigenvalue weighted by Crippen LogP contribution is 2.29. The number of ether oxygens (including phenoxy) is 3. The van der Waals surface area contributed by atoms with E-state index in [1.807, 2.05) is 0 Å². The summed E-state index contributed by atoms with van der Waals surface area (Å²) in [4.78, 5) is 18.1. The first-order valence-electron chi connectivity index (χ1n) is 11.7. The van der Waals surface area contributed by atoms with Gasteiger partial charge in [-0.15, -0.1) is 0 Å². The molecule has 2 aliphatic heterocycles. The molecule has 2 amide bonds. The molecule has 33 heavy (non-hydrogen) atoms. The van der Waals surface area contributed by atoms with E-state index < -0.39 is 6.03 Å². The fourth-order valence-corrected chi connectivity index (χ4v) is 4.88. The Balaban J connectivity index is 1.53. The summed E-state index contributed by atoms with van der Waals surface area (Å²) in [5.74, 6) is 1.94. The number of hydrogen-bond acceptors (Lipinski definition) is 7. The number of carbonyl (C=O) groups excluding carboxylic acids is 1. The van der Waals surface area contributed by atoms with Crippen LogP contribution in [-0.2, 0) is 9.47 Å². The molecule has 0 spiro atoms. The summed E-state index contributed by atoms with van der Waals surface area (Å²) in [6.45, 7) is 8.33. The number of urea groups is 1. The molecule has 1 aromatic rings. The third kappa shape index (κ3) is 8.16. The summed E-state index contributed by atoms with van der Waals surface area (Å²) in [6.07, 6.45) is 1.06. The van der Waals surface area contributed by atoms with Crippen molar-refractivity contribution in [1.29, 1.82) is 5.26 Å². The zero-order valence-corrected chi connectivity index (χ0v) is 19.8. The van der Waals surface area contributed by atoms with Gasteiger partial charge in [-0.25, -0.2) is 4.79 Å². The van der Waals surface area contributed by atoms with Crippen molar-refractivity contribution in [3.8, 4) is 11.8 Å². The number of rotatable bonds is 12. The molecule has 0 radical (unpaired) electrons. The molecule has 3 rings (SSSR count). The number of fused-ring (bicyclic) bond motifs is 2. The summed E-state index contributed by atoms with van der Waals surface area (Å²) in [7, 11) is 3.38. The molecule has 2 saturated heterocycles. The second-order valence-corrected chi connectivity index (χ2v) is 9.15. The zero-order valence-electron chi connectivity index (χ0n) is 19.8. The molecule has 2 fully saturated rings. The third-order valence-corrected chi connectivity index (χ3v) is 6.32. The standard InChI is InChI=1S/C24H37N5O4/c1-27(24(26)30)17-23(33-22-5-3-19(12-25)4-6-22)18-29-15-20-11-21(16-29)14-28(13-20)7-8-32-10-9-31-2/h3-6,20-21,23H,7-11,13-18H2,1-2H3,(H2,26,30). The smallest absolute Gasteiger partial charge is 0.314 e. The number of benzene rings is 1. The largest absolute Gasteiger partial charge is 0.487 e. The molecule has 3 atom stereocenters. The first kappa shape index (κ1) is 25.2. The van der Waals surface area contributed by atoms with Gasteiger partial charge in [0, 0.05) is 53.4 Å². The van der Waals surface area contributed by atoms with Crippen LogP contribution < -0.4 is 10.5 Å². The lowest BCUT2D eigenvalue weighted by molar-refractivity contribution is -0.00336. The average Bonchev–Trinajstić information content (AvgIpc) is 2.78. The predicted molar refractivity (Wildman–Crippen MR) is 125 cm³/mol. The van der Waals surface area contributed by atoms with Gasteiger partial charge in [0.05, 0.1) is 38.0 Å². The zero-order chi connectivity index (χ0) is 23.6. The Bertz CT molecular complexity index is 770. The van der Waals surface area contributed by atoms with Gasteiger partial charge in [0.2, 0.25) is 0 Å². The number of nitrogens with two attached hydrogens (primary N) is 1. The Kier molecular flexibility index (Phi) is 9.76. The molecule has 9 nitrogen and oxygen atoms in total. The quantitative estimate of drug-likeness (QED) is 0.469. The average molecular weight is 460 g/mol. The molecule has 0 aromatic heterocycles. The van der Waals surface area contributed by atoms with Gasteiger partial charge < -0.3 is 29.7 Å². The van der Waals surface area contributed by atoms with E-state index in [2.05, 4.69) is 15.9 Å². The highest BCUT2D eigenvalue weighted by Gasteiger charge is 2.35. The van der Waals surface area contributed by atoms with Crippen LogP contribution in [0.25, 0.3) is 0 Å². The number of nitrogens with zero attached hydrogens (tertiary/aromatic N) is 4. The van der Waals surface area contributed by atoms with Crippen molar-refractivity contribution >= 4 is 6.03 Å². The van der Waals surface area contributed by atoms with Crippen LogP contribution in [-0.4, -0.2) is 107 Å². The number of hydrogen-bond donors (Lipinski definition) is 1. The molecular weight excluding hydrogens is 422 g/mol. The molecule has 2 aliphatic rings. The van der Waals surface area contributed by atoms with Crippen molar-refractivity contribution in [2.75, 3.05) is 79.8 Å². The normalized spacial score (nSPS) is 21.8. The molecule has 0 saturated carbocycles. The molecule has 2 heterocycles. The van der Waals surface area contributed by atoms with Crippen LogP contribution in [0.5, 0.6) is 5.75 Å². The van der Waals surface area contributed by atoms with Crippen LogP contribution >= 0.6 is 0 Å². The van der Waals surface area contributed by atoms with Crippen LogP contribution in [0.3, 0.4) is 0 Å². The molecule has 2 N–H and O–H groups in total. The molecular formula is C24H37N5O4. The number of methoxy groups -OCH3 is 1. The predicted octanol–water partition coefficient (Wildman–Crippen LogP) is 1.23. The minimum atomic E-state index is -0.470. The number of carbonyl (C=O) groups is 1. The van der Waals surface area contributed by atoms with Gasteiger partial charge in [0.1, 0.15) is 11.9 Å². The van der Waals surface area contributed by atoms with Gasteiger partial charge in [-0.2, -0.15) is 5.26 Å². The van der Waals surface area contributed by atoms with E-state index in [-0.39, 0.29) is 6.10 Å². The number of nitriles is 1. The molecule has 0 aliphatic carbocycles. The maximum atomic E-state index is 11.6. The summed E-state index contributed by atoms with van der Waals surface area (Å²) in [5, 5.41) is 9.02. The fourth-order valence-electron chi connectivity index (χ4n) is 4.88. The van der Waals surface area contributed by atoms with E-state index in [0.717, 1.165) is 45.9 Å². The maximum Gasteiger partial charge on any atom is 0.314 e. The number of likely N-dealkylation sites (N-methyl/N-ethyl adjacent to an activating group) is 1. The van der Waals surface area contributed by atoms with Crippen molar-refractivity contribution in [1.82, 2.24) is 14.7 Å². The van der Waals surface area contributed by atoms with Crippen LogP contribution in [0, 0.1) is 23.2 Å². The van der Waals surface area contributed by atoms with Crippen LogP contribution in [0.4, 0.5) is 4.79 Å². The van der Waals surface area contributed by atoms with Crippen molar-refractivity contribution in [2.24, 2.45) is 17.6 Å². The van der Waals surface area contributed by atoms with E-state index in [0.29, 0.717) is 42.9 Å². The number of primary amides is 1. The van der Waals surface area contributed by atoms with Crippen molar-refractivity contribution in [3.63, 3.8) is 0 Å². The molecule has 182 valence electrons. The Morgan fingerprint density at radius 2 is 1.82 bits per heavy atom. The lowest BCUT2D eigenvalue weighted by atomic mass is 9.84. The Hall–Kier alpha value is -2.38. The second kappa shape index (κ2) is 12.8. The summed E-state index contributed by atoms with van der Waals surface area (Å²) < 4.78 is 16.9. The molecule has 1 aromatic carbocycles. The van der Waals surface area contributed by atoms with E-state index in [1.54, 1.807) is 38.4 Å². The SMILES string of the molecule is COCCOCCN1CC2CC(C1)CN(CC(CN(C)C(N)=O)Oc1ccc(C#N)cc1)C2. The number of amides is 2. The van der Waals surface area contributed by atoms with Gasteiger partial charge in [0.15, 0.2) is 0 Å². The lowest BCUT2D eigenvalue weighted by Gasteiger charge is -2.46. The second-order valence-electron chi connectivity index (χ2n) is 9.15. The number of likely N-dealkylation sites (tertiary alicyclic amines) is 2. The number of piperidine rings is 2. The monoisotopic (exact) mass is 459 g/mol. The fraction of sp³-hybridized carbons (Fsp3) is 0.667. The van der Waals surface area contributed by atoms with Crippen LogP contribution in [0.15, 0.2) is 24.3 Å². The van der Waals surface area contributed by atoms with Crippen LogP contribution in [0.2, 0.25) is 0 Å². The minimum absolute atomic E-state index is 0.209. The summed E-state index contributed by atoms with van der Waals surface area (Å²) in [6, 6.07) is 8.72. The Morgan fingerprint density at radius 1 is 1.15 bits per heavy atom. The third-order valence-electron chi connectivity index (χ3n) is 6.32. The van der Waals surface area contributed by atoms with Crippen molar-refractivity contribution in [3.05, 3.63) is 29.8 Å². The highest BCUT2D eigenvalue weighted by atomic mass is 16.5. The lowest BCUT2D eigenvalue weighted by Crippen LogP contribution is -2.55. The maximum absolute atomic E-state index is 11.6. The molecule has 3 unspecified atom stereocenters. The highest BCUT2D eigenvalue weighted by molar-refractivity contribution is 5.71. The van der Waals surface area contributed by atoms with Gasteiger partial charge in [0.25, 0.3) is 0 Å². The minimum Gasteiger partial charge on any atom is -0.487 e. The summed E-state index contributed by atoms with van der Waals surface area (Å²) >= 11 is 0. The van der Waals surface area contributed by atoms with E-state index in [9.17, 15) is 4.79 Å². The van der Waals surface area contributed by atoms with E-state index in [4.69, 9.17) is 25.2 Å². The molecule has 9 heteroatoms. The van der Waals surface area contributed by atoms with Gasteiger partial charge in [-0.1, -0.05) is 0 Å². The first-order chi connectivity index (χ1) is 16.0. The summed E-state index contributed by atoms with van der Waals surface area (Å²) in [5.41, 5.74) is 6.05.